The lowest BCUT2D eigenvalue weighted by Gasteiger charge is -2.01. The SMILES string of the molecule is C/C(=N\N=C(/C)c1cccc(F)c1)c1cccc(F)c1. The van der Waals surface area contributed by atoms with Gasteiger partial charge in [0.25, 0.3) is 0 Å². The van der Waals surface area contributed by atoms with Crippen molar-refractivity contribution in [3.8, 4) is 0 Å². The van der Waals surface area contributed by atoms with Gasteiger partial charge in [-0.3, -0.25) is 0 Å². The van der Waals surface area contributed by atoms with Crippen molar-refractivity contribution in [1.82, 2.24) is 0 Å². The van der Waals surface area contributed by atoms with Gasteiger partial charge in [0.2, 0.25) is 0 Å². The van der Waals surface area contributed by atoms with E-state index in [1.807, 2.05) is 0 Å². The average Bonchev–Trinajstić information content (AvgIpc) is 2.44. The average molecular weight is 272 g/mol. The van der Waals surface area contributed by atoms with Crippen LogP contribution in [-0.4, -0.2) is 11.4 Å². The van der Waals surface area contributed by atoms with Crippen molar-refractivity contribution in [3.63, 3.8) is 0 Å². The van der Waals surface area contributed by atoms with E-state index < -0.39 is 0 Å². The van der Waals surface area contributed by atoms with E-state index >= 15 is 0 Å². The molecular weight excluding hydrogens is 258 g/mol. The van der Waals surface area contributed by atoms with E-state index in [9.17, 15) is 8.78 Å². The Hall–Kier alpha value is -2.36. The molecule has 20 heavy (non-hydrogen) atoms. The Bertz CT molecular complexity index is 616. The second kappa shape index (κ2) is 6.19. The molecule has 0 amide bonds. The molecule has 2 aromatic carbocycles. The molecule has 0 unspecified atom stereocenters. The topological polar surface area (TPSA) is 24.7 Å². The molecule has 2 aromatic rings. The van der Waals surface area contributed by atoms with Crippen LogP contribution in [0.4, 0.5) is 8.78 Å². The molecule has 0 fully saturated rings. The Morgan fingerprint density at radius 1 is 0.750 bits per heavy atom. The number of rotatable bonds is 3. The summed E-state index contributed by atoms with van der Waals surface area (Å²) in [6.45, 7) is 3.49. The third kappa shape index (κ3) is 3.57. The van der Waals surface area contributed by atoms with Gasteiger partial charge in [-0.05, 0) is 38.1 Å². The first-order valence-corrected chi connectivity index (χ1v) is 6.17. The van der Waals surface area contributed by atoms with E-state index in [4.69, 9.17) is 0 Å². The Balaban J connectivity index is 2.24. The Morgan fingerprint density at radius 2 is 1.15 bits per heavy atom. The van der Waals surface area contributed by atoms with Crippen LogP contribution in [0, 0.1) is 11.6 Å². The minimum atomic E-state index is -0.317. The monoisotopic (exact) mass is 272 g/mol. The van der Waals surface area contributed by atoms with Gasteiger partial charge < -0.3 is 0 Å². The van der Waals surface area contributed by atoms with E-state index in [0.29, 0.717) is 22.6 Å². The van der Waals surface area contributed by atoms with Crippen LogP contribution in [-0.2, 0) is 0 Å². The fraction of sp³-hybridized carbons (Fsp3) is 0.125. The summed E-state index contributed by atoms with van der Waals surface area (Å²) in [5.41, 5.74) is 2.53. The first-order chi connectivity index (χ1) is 9.56. The molecule has 2 rings (SSSR count). The molecule has 0 N–H and O–H groups in total. The summed E-state index contributed by atoms with van der Waals surface area (Å²) in [4.78, 5) is 0. The lowest BCUT2D eigenvalue weighted by molar-refractivity contribution is 0.627. The zero-order valence-electron chi connectivity index (χ0n) is 11.3. The van der Waals surface area contributed by atoms with Crippen LogP contribution in [0.1, 0.15) is 25.0 Å². The van der Waals surface area contributed by atoms with Crippen LogP contribution in [0.25, 0.3) is 0 Å². The quantitative estimate of drug-likeness (QED) is 0.591. The molecule has 0 spiro atoms. The van der Waals surface area contributed by atoms with Gasteiger partial charge in [0, 0.05) is 11.1 Å². The molecule has 4 heteroatoms. The molecule has 0 aliphatic carbocycles. The van der Waals surface area contributed by atoms with E-state index in [2.05, 4.69) is 10.2 Å². The van der Waals surface area contributed by atoms with Crippen LogP contribution in [0.15, 0.2) is 58.7 Å². The van der Waals surface area contributed by atoms with E-state index in [0.717, 1.165) is 0 Å². The van der Waals surface area contributed by atoms with Crippen molar-refractivity contribution >= 4 is 11.4 Å². The van der Waals surface area contributed by atoms with E-state index in [-0.39, 0.29) is 11.6 Å². The zero-order valence-corrected chi connectivity index (χ0v) is 11.3. The smallest absolute Gasteiger partial charge is 0.123 e. The van der Waals surface area contributed by atoms with E-state index in [1.165, 1.54) is 24.3 Å². The van der Waals surface area contributed by atoms with Crippen molar-refractivity contribution < 1.29 is 8.78 Å². The number of benzene rings is 2. The molecule has 0 saturated heterocycles. The van der Waals surface area contributed by atoms with Gasteiger partial charge in [-0.25, -0.2) is 8.78 Å². The van der Waals surface area contributed by atoms with Crippen molar-refractivity contribution in [2.75, 3.05) is 0 Å². The van der Waals surface area contributed by atoms with Crippen LogP contribution < -0.4 is 0 Å². The highest BCUT2D eigenvalue weighted by Crippen LogP contribution is 2.08. The second-order valence-corrected chi connectivity index (χ2v) is 4.39. The molecule has 2 nitrogen and oxygen atoms in total. The fourth-order valence-corrected chi connectivity index (χ4v) is 1.69. The maximum Gasteiger partial charge on any atom is 0.123 e. The molecule has 0 bridgehead atoms. The van der Waals surface area contributed by atoms with Crippen molar-refractivity contribution in [1.29, 1.82) is 0 Å². The standard InChI is InChI=1S/C16H14F2N2/c1-11(13-5-3-7-15(17)9-13)19-20-12(2)14-6-4-8-16(18)10-14/h3-10H,1-2H3/b19-11+,20-12+. The van der Waals surface area contributed by atoms with Crippen LogP contribution in [0.3, 0.4) is 0 Å². The van der Waals surface area contributed by atoms with Crippen LogP contribution in [0.5, 0.6) is 0 Å². The normalized spacial score (nSPS) is 12.6. The Kier molecular flexibility index (Phi) is 4.35. The summed E-state index contributed by atoms with van der Waals surface area (Å²) >= 11 is 0. The van der Waals surface area contributed by atoms with Crippen LogP contribution in [0.2, 0.25) is 0 Å². The Morgan fingerprint density at radius 3 is 1.50 bits per heavy atom. The predicted octanol–water partition coefficient (Wildman–Crippen LogP) is 4.20. The van der Waals surface area contributed by atoms with Gasteiger partial charge in [-0.2, -0.15) is 10.2 Å². The third-order valence-corrected chi connectivity index (χ3v) is 2.83. The molecule has 0 aliphatic heterocycles. The number of halogens is 2. The van der Waals surface area contributed by atoms with Gasteiger partial charge in [-0.1, -0.05) is 24.3 Å². The summed E-state index contributed by atoms with van der Waals surface area (Å²) in [6.07, 6.45) is 0. The lowest BCUT2D eigenvalue weighted by Crippen LogP contribution is -1.97. The van der Waals surface area contributed by atoms with Gasteiger partial charge >= 0.3 is 0 Å². The molecule has 0 aliphatic rings. The summed E-state index contributed by atoms with van der Waals surface area (Å²) in [5, 5.41) is 8.11. The maximum atomic E-state index is 13.1. The summed E-state index contributed by atoms with van der Waals surface area (Å²) in [7, 11) is 0. The largest absolute Gasteiger partial charge is 0.207 e. The van der Waals surface area contributed by atoms with Gasteiger partial charge in [0.05, 0.1) is 11.4 Å². The van der Waals surface area contributed by atoms with Crippen molar-refractivity contribution in [2.45, 2.75) is 13.8 Å². The fourth-order valence-electron chi connectivity index (χ4n) is 1.69. The predicted molar refractivity (Wildman–Crippen MR) is 77.2 cm³/mol. The highest BCUT2D eigenvalue weighted by Gasteiger charge is 2.01. The van der Waals surface area contributed by atoms with Crippen molar-refractivity contribution in [3.05, 3.63) is 71.3 Å². The van der Waals surface area contributed by atoms with Gasteiger partial charge in [-0.15, -0.1) is 0 Å². The second-order valence-electron chi connectivity index (χ2n) is 4.39. The molecule has 102 valence electrons. The van der Waals surface area contributed by atoms with Gasteiger partial charge in [0.15, 0.2) is 0 Å². The third-order valence-electron chi connectivity index (χ3n) is 2.83. The minimum absolute atomic E-state index is 0.317. The minimum Gasteiger partial charge on any atom is -0.207 e. The molecular formula is C16H14F2N2. The van der Waals surface area contributed by atoms with Gasteiger partial charge in [0.1, 0.15) is 11.6 Å². The highest BCUT2D eigenvalue weighted by molar-refractivity contribution is 6.01. The van der Waals surface area contributed by atoms with E-state index in [1.54, 1.807) is 38.1 Å². The maximum absolute atomic E-state index is 13.1. The first kappa shape index (κ1) is 14.1. The summed E-state index contributed by atoms with van der Waals surface area (Å²) < 4.78 is 26.2. The molecule has 0 saturated carbocycles. The molecule has 0 radical (unpaired) electrons. The van der Waals surface area contributed by atoms with Crippen LogP contribution >= 0.6 is 0 Å². The van der Waals surface area contributed by atoms with Crippen molar-refractivity contribution in [2.24, 2.45) is 10.2 Å². The first-order valence-electron chi connectivity index (χ1n) is 6.17. The number of hydrogen-bond acceptors (Lipinski definition) is 2. The zero-order chi connectivity index (χ0) is 14.5. The number of hydrogen-bond donors (Lipinski definition) is 0. The highest BCUT2D eigenvalue weighted by atomic mass is 19.1. The molecule has 0 heterocycles. The summed E-state index contributed by atoms with van der Waals surface area (Å²) in [5.74, 6) is -0.634. The Labute approximate surface area is 116 Å². The molecule has 0 aromatic heterocycles. The molecule has 0 atom stereocenters. The summed E-state index contributed by atoms with van der Waals surface area (Å²) in [6, 6.07) is 12.3. The number of nitrogens with zero attached hydrogens (tertiary/aromatic N) is 2. The lowest BCUT2D eigenvalue weighted by atomic mass is 10.1.